The normalized spacial score (nSPS) is 20.5. The first-order valence-corrected chi connectivity index (χ1v) is 8.07. The van der Waals surface area contributed by atoms with Gasteiger partial charge in [-0.1, -0.05) is 29.8 Å². The van der Waals surface area contributed by atoms with Gasteiger partial charge in [-0.05, 0) is 24.6 Å². The topological polar surface area (TPSA) is 53.8 Å². The minimum absolute atomic E-state index is 0.00493. The number of carbonyl (C=O) groups is 2. The number of nitrogens with zero attached hydrogens (tertiary/aromatic N) is 2. The van der Waals surface area contributed by atoms with Crippen molar-refractivity contribution in [2.45, 2.75) is 25.9 Å². The molecule has 1 saturated heterocycles. The Labute approximate surface area is 141 Å². The lowest BCUT2D eigenvalue weighted by Crippen LogP contribution is -2.35. The highest BCUT2D eigenvalue weighted by molar-refractivity contribution is 5.90. The van der Waals surface area contributed by atoms with Crippen molar-refractivity contribution in [1.82, 2.24) is 9.80 Å². The SMILES string of the molecule is Cc1ccc([C@@H]2[C@@H](C(=O)N(C)Cc3ccco3)CC(=O)N2C)cc1. The van der Waals surface area contributed by atoms with Crippen molar-refractivity contribution in [2.75, 3.05) is 14.1 Å². The minimum Gasteiger partial charge on any atom is -0.467 e. The van der Waals surface area contributed by atoms with Crippen LogP contribution in [0.4, 0.5) is 0 Å². The number of rotatable bonds is 4. The van der Waals surface area contributed by atoms with Crippen LogP contribution in [0.1, 0.15) is 29.3 Å². The molecule has 1 aliphatic heterocycles. The van der Waals surface area contributed by atoms with Gasteiger partial charge in [0.25, 0.3) is 0 Å². The Morgan fingerprint density at radius 3 is 2.62 bits per heavy atom. The Bertz CT molecular complexity index is 722. The maximum absolute atomic E-state index is 12.9. The van der Waals surface area contributed by atoms with Crippen molar-refractivity contribution in [2.24, 2.45) is 5.92 Å². The van der Waals surface area contributed by atoms with E-state index in [-0.39, 0.29) is 30.2 Å². The average molecular weight is 326 g/mol. The molecule has 0 aliphatic carbocycles. The summed E-state index contributed by atoms with van der Waals surface area (Å²) in [6.45, 7) is 2.42. The number of hydrogen-bond acceptors (Lipinski definition) is 3. The number of carbonyl (C=O) groups excluding carboxylic acids is 2. The Balaban J connectivity index is 1.82. The zero-order chi connectivity index (χ0) is 17.3. The zero-order valence-electron chi connectivity index (χ0n) is 14.2. The molecule has 1 aromatic heterocycles. The van der Waals surface area contributed by atoms with E-state index in [4.69, 9.17) is 4.42 Å². The van der Waals surface area contributed by atoms with Gasteiger partial charge in [-0.2, -0.15) is 0 Å². The largest absolute Gasteiger partial charge is 0.467 e. The summed E-state index contributed by atoms with van der Waals surface area (Å²) in [5.41, 5.74) is 2.15. The molecular formula is C19H22N2O3. The van der Waals surface area contributed by atoms with Gasteiger partial charge in [-0.15, -0.1) is 0 Å². The highest BCUT2D eigenvalue weighted by Crippen LogP contribution is 2.38. The number of amides is 2. The van der Waals surface area contributed by atoms with Gasteiger partial charge in [0.15, 0.2) is 0 Å². The van der Waals surface area contributed by atoms with Gasteiger partial charge >= 0.3 is 0 Å². The molecule has 0 radical (unpaired) electrons. The molecule has 1 fully saturated rings. The highest BCUT2D eigenvalue weighted by Gasteiger charge is 2.43. The number of likely N-dealkylation sites (tertiary alicyclic amines) is 1. The van der Waals surface area contributed by atoms with Gasteiger partial charge in [-0.3, -0.25) is 9.59 Å². The molecule has 0 unspecified atom stereocenters. The predicted molar refractivity (Wildman–Crippen MR) is 90.0 cm³/mol. The fourth-order valence-corrected chi connectivity index (χ4v) is 3.31. The molecule has 1 aromatic carbocycles. The second-order valence-corrected chi connectivity index (χ2v) is 6.44. The molecular weight excluding hydrogens is 304 g/mol. The molecule has 1 aliphatic rings. The summed E-state index contributed by atoms with van der Waals surface area (Å²) in [4.78, 5) is 28.5. The van der Waals surface area contributed by atoms with E-state index < -0.39 is 0 Å². The van der Waals surface area contributed by atoms with E-state index in [9.17, 15) is 9.59 Å². The van der Waals surface area contributed by atoms with Crippen LogP contribution in [0.15, 0.2) is 47.1 Å². The number of benzene rings is 1. The molecule has 5 heteroatoms. The molecule has 0 bridgehead atoms. The fraction of sp³-hybridized carbons (Fsp3) is 0.368. The Morgan fingerprint density at radius 1 is 1.29 bits per heavy atom. The molecule has 126 valence electrons. The maximum Gasteiger partial charge on any atom is 0.228 e. The molecule has 0 saturated carbocycles. The first-order chi connectivity index (χ1) is 11.5. The molecule has 2 amide bonds. The van der Waals surface area contributed by atoms with Crippen LogP contribution in [0.5, 0.6) is 0 Å². The monoisotopic (exact) mass is 326 g/mol. The van der Waals surface area contributed by atoms with E-state index in [0.717, 1.165) is 16.9 Å². The zero-order valence-corrected chi connectivity index (χ0v) is 14.2. The van der Waals surface area contributed by atoms with Gasteiger partial charge in [0.2, 0.25) is 11.8 Å². The smallest absolute Gasteiger partial charge is 0.228 e. The number of hydrogen-bond donors (Lipinski definition) is 0. The van der Waals surface area contributed by atoms with Crippen LogP contribution in [0, 0.1) is 12.8 Å². The van der Waals surface area contributed by atoms with E-state index in [0.29, 0.717) is 6.54 Å². The summed E-state index contributed by atoms with van der Waals surface area (Å²) >= 11 is 0. The van der Waals surface area contributed by atoms with E-state index in [1.165, 1.54) is 0 Å². The lowest BCUT2D eigenvalue weighted by Gasteiger charge is -2.27. The van der Waals surface area contributed by atoms with Crippen molar-refractivity contribution < 1.29 is 14.0 Å². The minimum atomic E-state index is -0.370. The fourth-order valence-electron chi connectivity index (χ4n) is 3.31. The van der Waals surface area contributed by atoms with E-state index in [2.05, 4.69) is 0 Å². The molecule has 5 nitrogen and oxygen atoms in total. The molecule has 2 aromatic rings. The van der Waals surface area contributed by atoms with Crippen LogP contribution in [0.3, 0.4) is 0 Å². The van der Waals surface area contributed by atoms with Gasteiger partial charge in [0, 0.05) is 20.5 Å². The molecule has 3 rings (SSSR count). The second-order valence-electron chi connectivity index (χ2n) is 6.44. The van der Waals surface area contributed by atoms with Crippen molar-refractivity contribution in [3.63, 3.8) is 0 Å². The average Bonchev–Trinajstić information content (AvgIpc) is 3.17. The van der Waals surface area contributed by atoms with Crippen LogP contribution < -0.4 is 0 Å². The summed E-state index contributed by atoms with van der Waals surface area (Å²) in [6, 6.07) is 11.5. The standard InChI is InChI=1S/C19H22N2O3/c1-13-6-8-14(9-7-13)18-16(11-17(22)21(18)3)19(23)20(2)12-15-5-4-10-24-15/h4-10,16,18H,11-12H2,1-3H3/t16-,18+/m0/s1. The van der Waals surface area contributed by atoms with Crippen molar-refractivity contribution in [3.05, 3.63) is 59.5 Å². The van der Waals surface area contributed by atoms with Crippen LogP contribution in [0.25, 0.3) is 0 Å². The molecule has 0 spiro atoms. The van der Waals surface area contributed by atoms with Crippen LogP contribution in [-0.2, 0) is 16.1 Å². The summed E-state index contributed by atoms with van der Waals surface area (Å²) in [5, 5.41) is 0. The second kappa shape index (κ2) is 6.51. The first kappa shape index (κ1) is 16.3. The quantitative estimate of drug-likeness (QED) is 0.868. The highest BCUT2D eigenvalue weighted by atomic mass is 16.3. The molecule has 2 atom stereocenters. The summed E-state index contributed by atoms with van der Waals surface area (Å²) in [7, 11) is 3.52. The Hall–Kier alpha value is -2.56. The van der Waals surface area contributed by atoms with Crippen LogP contribution >= 0.6 is 0 Å². The van der Waals surface area contributed by atoms with Gasteiger partial charge < -0.3 is 14.2 Å². The Kier molecular flexibility index (Phi) is 4.42. The third kappa shape index (κ3) is 3.07. The molecule has 2 heterocycles. The first-order valence-electron chi connectivity index (χ1n) is 8.07. The van der Waals surface area contributed by atoms with Crippen LogP contribution in [-0.4, -0.2) is 35.7 Å². The van der Waals surface area contributed by atoms with Crippen LogP contribution in [0.2, 0.25) is 0 Å². The summed E-state index contributed by atoms with van der Waals surface area (Å²) < 4.78 is 5.31. The third-order valence-corrected chi connectivity index (χ3v) is 4.67. The summed E-state index contributed by atoms with van der Waals surface area (Å²) in [6.07, 6.45) is 1.84. The van der Waals surface area contributed by atoms with Crippen molar-refractivity contribution >= 4 is 11.8 Å². The van der Waals surface area contributed by atoms with Gasteiger partial charge in [0.05, 0.1) is 24.8 Å². The summed E-state index contributed by atoms with van der Waals surface area (Å²) in [5.74, 6) is 0.334. The number of aryl methyl sites for hydroxylation is 1. The molecule has 24 heavy (non-hydrogen) atoms. The van der Waals surface area contributed by atoms with Crippen molar-refractivity contribution in [3.8, 4) is 0 Å². The maximum atomic E-state index is 12.9. The lowest BCUT2D eigenvalue weighted by atomic mass is 9.92. The Morgan fingerprint density at radius 2 is 2.00 bits per heavy atom. The van der Waals surface area contributed by atoms with Crippen molar-refractivity contribution in [1.29, 1.82) is 0 Å². The predicted octanol–water partition coefficient (Wildman–Crippen LogP) is 2.77. The van der Waals surface area contributed by atoms with Gasteiger partial charge in [0.1, 0.15) is 5.76 Å². The van der Waals surface area contributed by atoms with E-state index in [1.54, 1.807) is 36.2 Å². The third-order valence-electron chi connectivity index (χ3n) is 4.67. The van der Waals surface area contributed by atoms with Gasteiger partial charge in [-0.25, -0.2) is 0 Å². The number of furan rings is 1. The molecule has 0 N–H and O–H groups in total. The van der Waals surface area contributed by atoms with E-state index in [1.807, 2.05) is 37.3 Å². The lowest BCUT2D eigenvalue weighted by molar-refractivity contribution is -0.136. The van der Waals surface area contributed by atoms with E-state index >= 15 is 0 Å².